The average molecular weight is 250 g/mol. The SMILES string of the molecule is CCCC1C=C/C(=C(\C)OC(=O)C(C)(C)C)C1=O. The van der Waals surface area contributed by atoms with Crippen LogP contribution >= 0.6 is 0 Å². The fourth-order valence-electron chi connectivity index (χ4n) is 1.76. The number of carbonyl (C=O) groups excluding carboxylic acids is 2. The Morgan fingerprint density at radius 1 is 1.39 bits per heavy atom. The second kappa shape index (κ2) is 5.51. The van der Waals surface area contributed by atoms with Gasteiger partial charge in [0.1, 0.15) is 5.76 Å². The predicted molar refractivity (Wildman–Crippen MR) is 70.8 cm³/mol. The number of Topliss-reactive ketones (excluding diaryl/α,β-unsaturated/α-hetero) is 1. The zero-order valence-corrected chi connectivity index (χ0v) is 11.9. The number of carbonyl (C=O) groups is 2. The molecule has 0 fully saturated rings. The third kappa shape index (κ3) is 3.31. The lowest BCUT2D eigenvalue weighted by atomic mass is 9.97. The van der Waals surface area contributed by atoms with Crippen LogP contribution in [0, 0.1) is 11.3 Å². The topological polar surface area (TPSA) is 43.4 Å². The normalized spacial score (nSPS) is 22.3. The highest BCUT2D eigenvalue weighted by Gasteiger charge is 2.28. The molecule has 0 radical (unpaired) electrons. The van der Waals surface area contributed by atoms with Crippen LogP contribution in [-0.4, -0.2) is 11.8 Å². The highest BCUT2D eigenvalue weighted by atomic mass is 16.5. The maximum atomic E-state index is 12.1. The number of allylic oxidation sites excluding steroid dienone is 4. The van der Waals surface area contributed by atoms with E-state index in [2.05, 4.69) is 6.92 Å². The Morgan fingerprint density at radius 2 is 2.00 bits per heavy atom. The first kappa shape index (κ1) is 14.7. The van der Waals surface area contributed by atoms with Crippen LogP contribution in [0.25, 0.3) is 0 Å². The molecule has 0 spiro atoms. The van der Waals surface area contributed by atoms with Gasteiger partial charge in [-0.25, -0.2) is 0 Å². The molecule has 0 aromatic carbocycles. The van der Waals surface area contributed by atoms with Crippen molar-refractivity contribution in [2.75, 3.05) is 0 Å². The summed E-state index contributed by atoms with van der Waals surface area (Å²) in [6, 6.07) is 0. The van der Waals surface area contributed by atoms with Crippen molar-refractivity contribution in [2.24, 2.45) is 11.3 Å². The van der Waals surface area contributed by atoms with Crippen LogP contribution in [0.1, 0.15) is 47.5 Å². The zero-order valence-electron chi connectivity index (χ0n) is 11.9. The smallest absolute Gasteiger partial charge is 0.316 e. The molecule has 0 amide bonds. The van der Waals surface area contributed by atoms with Gasteiger partial charge >= 0.3 is 5.97 Å². The first-order valence-electron chi connectivity index (χ1n) is 6.43. The van der Waals surface area contributed by atoms with Crippen molar-refractivity contribution in [3.05, 3.63) is 23.5 Å². The summed E-state index contributed by atoms with van der Waals surface area (Å²) in [5, 5.41) is 0. The van der Waals surface area contributed by atoms with Gasteiger partial charge in [0.15, 0.2) is 5.78 Å². The molecule has 0 saturated carbocycles. The summed E-state index contributed by atoms with van der Waals surface area (Å²) in [6.07, 6.45) is 5.48. The second-order valence-corrected chi connectivity index (χ2v) is 5.73. The molecular formula is C15H22O3. The van der Waals surface area contributed by atoms with Gasteiger partial charge in [0.05, 0.1) is 11.0 Å². The molecule has 0 aromatic heterocycles. The van der Waals surface area contributed by atoms with Crippen LogP contribution in [-0.2, 0) is 14.3 Å². The maximum Gasteiger partial charge on any atom is 0.316 e. The summed E-state index contributed by atoms with van der Waals surface area (Å²) in [7, 11) is 0. The molecule has 1 rings (SSSR count). The molecular weight excluding hydrogens is 228 g/mol. The second-order valence-electron chi connectivity index (χ2n) is 5.73. The van der Waals surface area contributed by atoms with Gasteiger partial charge in [-0.1, -0.05) is 25.5 Å². The van der Waals surface area contributed by atoms with E-state index in [0.717, 1.165) is 12.8 Å². The fourth-order valence-corrected chi connectivity index (χ4v) is 1.76. The van der Waals surface area contributed by atoms with Crippen LogP contribution in [0.15, 0.2) is 23.5 Å². The zero-order chi connectivity index (χ0) is 13.9. The van der Waals surface area contributed by atoms with E-state index >= 15 is 0 Å². The van der Waals surface area contributed by atoms with E-state index in [9.17, 15) is 9.59 Å². The minimum absolute atomic E-state index is 0.0479. The first-order valence-corrected chi connectivity index (χ1v) is 6.43. The number of hydrogen-bond acceptors (Lipinski definition) is 3. The summed E-state index contributed by atoms with van der Waals surface area (Å²) in [4.78, 5) is 23.8. The van der Waals surface area contributed by atoms with E-state index in [-0.39, 0.29) is 17.7 Å². The van der Waals surface area contributed by atoms with E-state index in [1.165, 1.54) is 0 Å². The lowest BCUT2D eigenvalue weighted by Gasteiger charge is -2.17. The molecule has 0 aliphatic heterocycles. The Balaban J connectivity index is 2.80. The molecule has 18 heavy (non-hydrogen) atoms. The Bertz CT molecular complexity index is 408. The fraction of sp³-hybridized carbons (Fsp3) is 0.600. The number of ether oxygens (including phenoxy) is 1. The number of esters is 1. The summed E-state index contributed by atoms with van der Waals surface area (Å²) < 4.78 is 5.26. The molecule has 1 unspecified atom stereocenters. The highest BCUT2D eigenvalue weighted by molar-refractivity contribution is 6.04. The minimum atomic E-state index is -0.560. The van der Waals surface area contributed by atoms with Gasteiger partial charge in [-0.05, 0) is 34.1 Å². The van der Waals surface area contributed by atoms with Gasteiger partial charge in [0.25, 0.3) is 0 Å². The largest absolute Gasteiger partial charge is 0.430 e. The summed E-state index contributed by atoms with van der Waals surface area (Å²) in [5.41, 5.74) is -0.0261. The standard InChI is InChI=1S/C15H22O3/c1-6-7-11-8-9-12(13(11)16)10(2)18-14(17)15(3,4)5/h8-9,11H,6-7H2,1-5H3/b12-10-. The Labute approximate surface area is 109 Å². The summed E-state index contributed by atoms with van der Waals surface area (Å²) in [5.74, 6) is 0.117. The lowest BCUT2D eigenvalue weighted by molar-refractivity contribution is -0.148. The molecule has 0 saturated heterocycles. The van der Waals surface area contributed by atoms with E-state index in [4.69, 9.17) is 4.74 Å². The third-order valence-corrected chi connectivity index (χ3v) is 2.93. The van der Waals surface area contributed by atoms with Crippen molar-refractivity contribution in [1.82, 2.24) is 0 Å². The van der Waals surface area contributed by atoms with Gasteiger partial charge in [-0.15, -0.1) is 0 Å². The third-order valence-electron chi connectivity index (χ3n) is 2.93. The van der Waals surface area contributed by atoms with Gasteiger partial charge in [-0.2, -0.15) is 0 Å². The van der Waals surface area contributed by atoms with Crippen LogP contribution in [0.3, 0.4) is 0 Å². The quantitative estimate of drug-likeness (QED) is 0.438. The first-order chi connectivity index (χ1) is 8.27. The lowest BCUT2D eigenvalue weighted by Crippen LogP contribution is -2.23. The predicted octanol–water partition coefficient (Wildman–Crippen LogP) is 3.40. The van der Waals surface area contributed by atoms with Crippen LogP contribution in [0.2, 0.25) is 0 Å². The number of ketones is 1. The van der Waals surface area contributed by atoms with Gasteiger partial charge in [0.2, 0.25) is 0 Å². The van der Waals surface area contributed by atoms with E-state index in [0.29, 0.717) is 11.3 Å². The molecule has 3 heteroatoms. The highest BCUT2D eigenvalue weighted by Crippen LogP contribution is 2.27. The molecule has 100 valence electrons. The van der Waals surface area contributed by atoms with Crippen molar-refractivity contribution < 1.29 is 14.3 Å². The van der Waals surface area contributed by atoms with Crippen molar-refractivity contribution >= 4 is 11.8 Å². The van der Waals surface area contributed by atoms with Crippen molar-refractivity contribution in [2.45, 2.75) is 47.5 Å². The number of hydrogen-bond donors (Lipinski definition) is 0. The van der Waals surface area contributed by atoms with E-state index in [1.54, 1.807) is 33.8 Å². The molecule has 0 bridgehead atoms. The van der Waals surface area contributed by atoms with Gasteiger partial charge in [0, 0.05) is 5.92 Å². The molecule has 0 heterocycles. The molecule has 1 aliphatic carbocycles. The Kier molecular flexibility index (Phi) is 4.49. The van der Waals surface area contributed by atoms with Crippen molar-refractivity contribution in [3.8, 4) is 0 Å². The molecule has 0 N–H and O–H groups in total. The molecule has 3 nitrogen and oxygen atoms in total. The Hall–Kier alpha value is -1.38. The summed E-state index contributed by atoms with van der Waals surface area (Å²) in [6.45, 7) is 9.10. The van der Waals surface area contributed by atoms with Crippen molar-refractivity contribution in [1.29, 1.82) is 0 Å². The minimum Gasteiger partial charge on any atom is -0.430 e. The van der Waals surface area contributed by atoms with Crippen LogP contribution < -0.4 is 0 Å². The van der Waals surface area contributed by atoms with Crippen LogP contribution in [0.4, 0.5) is 0 Å². The number of rotatable bonds is 3. The van der Waals surface area contributed by atoms with Gasteiger partial charge < -0.3 is 4.74 Å². The van der Waals surface area contributed by atoms with Crippen molar-refractivity contribution in [3.63, 3.8) is 0 Å². The average Bonchev–Trinajstić information content (AvgIpc) is 2.60. The monoisotopic (exact) mass is 250 g/mol. The van der Waals surface area contributed by atoms with Gasteiger partial charge in [-0.3, -0.25) is 9.59 Å². The maximum absolute atomic E-state index is 12.1. The van der Waals surface area contributed by atoms with E-state index < -0.39 is 5.41 Å². The molecule has 1 aliphatic rings. The van der Waals surface area contributed by atoms with Crippen LogP contribution in [0.5, 0.6) is 0 Å². The molecule has 1 atom stereocenters. The summed E-state index contributed by atoms with van der Waals surface area (Å²) >= 11 is 0. The molecule has 0 aromatic rings. The van der Waals surface area contributed by atoms with E-state index in [1.807, 2.05) is 6.08 Å². The Morgan fingerprint density at radius 3 is 2.50 bits per heavy atom.